The highest BCUT2D eigenvalue weighted by molar-refractivity contribution is 7.99. The van der Waals surface area contributed by atoms with Crippen molar-refractivity contribution in [3.63, 3.8) is 0 Å². The summed E-state index contributed by atoms with van der Waals surface area (Å²) >= 11 is 1.74. The second-order valence-corrected chi connectivity index (χ2v) is 6.79. The van der Waals surface area contributed by atoms with Crippen molar-refractivity contribution < 1.29 is 4.39 Å². The third-order valence-electron chi connectivity index (χ3n) is 3.50. The Morgan fingerprint density at radius 2 is 2.05 bits per heavy atom. The minimum absolute atomic E-state index is 0.190. The Kier molecular flexibility index (Phi) is 5.45. The Balaban J connectivity index is 1.63. The maximum Gasteiger partial charge on any atom is 0.123 e. The van der Waals surface area contributed by atoms with Gasteiger partial charge in [-0.1, -0.05) is 0 Å². The number of nitriles is 1. The summed E-state index contributed by atoms with van der Waals surface area (Å²) < 4.78 is 12.8. The molecule has 1 aromatic carbocycles. The lowest BCUT2D eigenvalue weighted by atomic mass is 9.96. The number of unbranched alkanes of at least 4 members (excludes halogenated alkanes) is 1. The molecule has 4 heteroatoms. The lowest BCUT2D eigenvalue weighted by Gasteiger charge is -2.23. The van der Waals surface area contributed by atoms with E-state index in [9.17, 15) is 9.65 Å². The Hall–Kier alpha value is -1.05. The van der Waals surface area contributed by atoms with Gasteiger partial charge in [0.05, 0.1) is 6.07 Å². The number of benzene rings is 1. The van der Waals surface area contributed by atoms with Crippen LogP contribution in [-0.2, 0) is 0 Å². The molecule has 1 aromatic rings. The molecule has 1 aliphatic carbocycles. The number of nitrogens with zero attached hydrogens (tertiary/aromatic N) is 1. The Labute approximate surface area is 124 Å². The van der Waals surface area contributed by atoms with Crippen molar-refractivity contribution in [1.29, 1.82) is 5.26 Å². The lowest BCUT2D eigenvalue weighted by Crippen LogP contribution is -2.42. The predicted octanol–water partition coefficient (Wildman–Crippen LogP) is 4.12. The Bertz CT molecular complexity index is 464. The van der Waals surface area contributed by atoms with Crippen LogP contribution in [0.4, 0.5) is 4.39 Å². The summed E-state index contributed by atoms with van der Waals surface area (Å²) in [4.78, 5) is 1.10. The van der Waals surface area contributed by atoms with Crippen LogP contribution in [0.1, 0.15) is 39.0 Å². The van der Waals surface area contributed by atoms with Crippen LogP contribution in [0.25, 0.3) is 0 Å². The fraction of sp³-hybridized carbons (Fsp3) is 0.562. The molecule has 1 atom stereocenters. The van der Waals surface area contributed by atoms with Crippen molar-refractivity contribution in [3.8, 4) is 6.07 Å². The zero-order chi connectivity index (χ0) is 14.4. The van der Waals surface area contributed by atoms with Crippen molar-refractivity contribution in [2.45, 2.75) is 55.5 Å². The van der Waals surface area contributed by atoms with E-state index >= 15 is 0 Å². The van der Waals surface area contributed by atoms with E-state index in [1.165, 1.54) is 25.0 Å². The van der Waals surface area contributed by atoms with Crippen molar-refractivity contribution in [1.82, 2.24) is 5.32 Å². The summed E-state index contributed by atoms with van der Waals surface area (Å²) in [5.74, 6) is 0.821. The van der Waals surface area contributed by atoms with Crippen molar-refractivity contribution >= 4 is 11.8 Å². The van der Waals surface area contributed by atoms with Gasteiger partial charge in [0.25, 0.3) is 0 Å². The Morgan fingerprint density at radius 3 is 2.65 bits per heavy atom. The average molecular weight is 292 g/mol. The molecule has 1 fully saturated rings. The largest absolute Gasteiger partial charge is 0.297 e. The highest BCUT2D eigenvalue weighted by atomic mass is 32.2. The molecule has 0 aliphatic heterocycles. The van der Waals surface area contributed by atoms with E-state index in [1.54, 1.807) is 11.8 Å². The smallest absolute Gasteiger partial charge is 0.123 e. The van der Waals surface area contributed by atoms with E-state index in [2.05, 4.69) is 11.4 Å². The number of hydrogen-bond acceptors (Lipinski definition) is 3. The van der Waals surface area contributed by atoms with Crippen LogP contribution in [-0.4, -0.2) is 17.3 Å². The van der Waals surface area contributed by atoms with Gasteiger partial charge < -0.3 is 0 Å². The molecule has 20 heavy (non-hydrogen) atoms. The zero-order valence-corrected chi connectivity index (χ0v) is 12.7. The normalized spacial score (nSPS) is 17.4. The molecular weight excluding hydrogens is 271 g/mol. The molecule has 0 heterocycles. The Morgan fingerprint density at radius 1 is 1.35 bits per heavy atom. The highest BCUT2D eigenvalue weighted by Gasteiger charge is 2.31. The van der Waals surface area contributed by atoms with E-state index in [0.29, 0.717) is 6.04 Å². The van der Waals surface area contributed by atoms with Gasteiger partial charge in [0.15, 0.2) is 0 Å². The molecule has 0 amide bonds. The highest BCUT2D eigenvalue weighted by Crippen LogP contribution is 2.25. The second-order valence-electron chi connectivity index (χ2n) is 5.62. The first-order valence-corrected chi connectivity index (χ1v) is 8.17. The molecule has 1 aliphatic rings. The van der Waals surface area contributed by atoms with E-state index in [0.717, 1.165) is 29.9 Å². The summed E-state index contributed by atoms with van der Waals surface area (Å²) in [5.41, 5.74) is -0.373. The third-order valence-corrected chi connectivity index (χ3v) is 4.60. The minimum Gasteiger partial charge on any atom is -0.297 e. The number of halogens is 1. The van der Waals surface area contributed by atoms with Crippen LogP contribution in [0.2, 0.25) is 0 Å². The molecule has 1 N–H and O–H groups in total. The first kappa shape index (κ1) is 15.3. The van der Waals surface area contributed by atoms with E-state index in [4.69, 9.17) is 0 Å². The van der Waals surface area contributed by atoms with Crippen LogP contribution < -0.4 is 5.32 Å². The first-order chi connectivity index (χ1) is 9.61. The standard InChI is InChI=1S/C16H21FN2S/c1-16(12-18,19-14-6-7-14)10-2-3-11-20-15-8-4-13(17)5-9-15/h4-5,8-9,14,19H,2-3,6-7,10-11H2,1H3. The van der Waals surface area contributed by atoms with Gasteiger partial charge in [0.2, 0.25) is 0 Å². The summed E-state index contributed by atoms with van der Waals surface area (Å²) in [6.45, 7) is 2.00. The first-order valence-electron chi connectivity index (χ1n) is 7.19. The van der Waals surface area contributed by atoms with Crippen LogP contribution in [0, 0.1) is 17.1 Å². The SMILES string of the molecule is CC(C#N)(CCCCSc1ccc(F)cc1)NC1CC1. The fourth-order valence-corrected chi connectivity index (χ4v) is 3.05. The maximum atomic E-state index is 12.8. The van der Waals surface area contributed by atoms with Crippen LogP contribution in [0.3, 0.4) is 0 Å². The number of thioether (sulfide) groups is 1. The summed E-state index contributed by atoms with van der Waals surface area (Å²) in [6, 6.07) is 9.58. The van der Waals surface area contributed by atoms with Crippen LogP contribution >= 0.6 is 11.8 Å². The molecule has 0 spiro atoms. The van der Waals surface area contributed by atoms with Crippen LogP contribution in [0.15, 0.2) is 29.2 Å². The van der Waals surface area contributed by atoms with Gasteiger partial charge >= 0.3 is 0 Å². The van der Waals surface area contributed by atoms with Crippen molar-refractivity contribution in [2.75, 3.05) is 5.75 Å². The molecule has 108 valence electrons. The number of hydrogen-bond donors (Lipinski definition) is 1. The van der Waals surface area contributed by atoms with Gasteiger partial charge in [0.1, 0.15) is 11.4 Å². The molecule has 0 bridgehead atoms. The second kappa shape index (κ2) is 7.10. The number of nitrogens with one attached hydrogen (secondary N) is 1. The van der Waals surface area contributed by atoms with Crippen molar-refractivity contribution in [3.05, 3.63) is 30.1 Å². The van der Waals surface area contributed by atoms with Gasteiger partial charge in [-0.3, -0.25) is 5.32 Å². The van der Waals surface area contributed by atoms with Gasteiger partial charge in [0, 0.05) is 10.9 Å². The number of rotatable bonds is 8. The molecule has 0 radical (unpaired) electrons. The quantitative estimate of drug-likeness (QED) is 0.578. The summed E-state index contributed by atoms with van der Waals surface area (Å²) in [6.07, 6.45) is 5.42. The van der Waals surface area contributed by atoms with Gasteiger partial charge in [-0.05, 0) is 69.0 Å². The molecular formula is C16H21FN2S. The van der Waals surface area contributed by atoms with E-state index in [-0.39, 0.29) is 11.4 Å². The van der Waals surface area contributed by atoms with Crippen LogP contribution in [0.5, 0.6) is 0 Å². The maximum absolute atomic E-state index is 12.8. The molecule has 2 rings (SSSR count). The van der Waals surface area contributed by atoms with E-state index in [1.807, 2.05) is 19.1 Å². The molecule has 0 aromatic heterocycles. The molecule has 1 unspecified atom stereocenters. The lowest BCUT2D eigenvalue weighted by molar-refractivity contribution is 0.402. The fourth-order valence-electron chi connectivity index (χ4n) is 2.14. The van der Waals surface area contributed by atoms with Gasteiger partial charge in [-0.15, -0.1) is 11.8 Å². The molecule has 0 saturated heterocycles. The minimum atomic E-state index is -0.373. The predicted molar refractivity (Wildman–Crippen MR) is 81.2 cm³/mol. The van der Waals surface area contributed by atoms with E-state index < -0.39 is 0 Å². The third kappa shape index (κ3) is 5.15. The summed E-state index contributed by atoms with van der Waals surface area (Å²) in [7, 11) is 0. The summed E-state index contributed by atoms with van der Waals surface area (Å²) in [5, 5.41) is 12.7. The average Bonchev–Trinajstić information content (AvgIpc) is 3.24. The topological polar surface area (TPSA) is 35.8 Å². The zero-order valence-electron chi connectivity index (χ0n) is 11.9. The van der Waals surface area contributed by atoms with Crippen molar-refractivity contribution in [2.24, 2.45) is 0 Å². The monoisotopic (exact) mass is 292 g/mol. The van der Waals surface area contributed by atoms with Gasteiger partial charge in [-0.2, -0.15) is 5.26 Å². The molecule has 2 nitrogen and oxygen atoms in total. The molecule has 1 saturated carbocycles. The van der Waals surface area contributed by atoms with Gasteiger partial charge in [-0.25, -0.2) is 4.39 Å².